The van der Waals surface area contributed by atoms with Crippen LogP contribution in [0.25, 0.3) is 0 Å². The molecule has 20 heavy (non-hydrogen) atoms. The maximum Gasteiger partial charge on any atom is 0.164 e. The number of rotatable bonds is 0. The van der Waals surface area contributed by atoms with Crippen molar-refractivity contribution >= 4 is 21.7 Å². The summed E-state index contributed by atoms with van der Waals surface area (Å²) in [7, 11) is 0. The third-order valence-corrected chi connectivity index (χ3v) is 3.74. The van der Waals surface area contributed by atoms with Crippen molar-refractivity contribution in [1.82, 2.24) is 4.98 Å². The molecule has 0 bridgehead atoms. The molecule has 3 rings (SSSR count). The van der Waals surface area contributed by atoms with E-state index in [4.69, 9.17) is 0 Å². The molecule has 1 aliphatic rings. The van der Waals surface area contributed by atoms with Crippen LogP contribution in [0.2, 0.25) is 0 Å². The predicted octanol–water partition coefficient (Wildman–Crippen LogP) is 3.76. The normalized spacial score (nSPS) is 13.3. The Kier molecular flexibility index (Phi) is 3.66. The van der Waals surface area contributed by atoms with Crippen LogP contribution in [0.4, 0.5) is 0 Å². The molecule has 3 heteroatoms. The van der Waals surface area contributed by atoms with Gasteiger partial charge >= 0.3 is 0 Å². The number of pyridine rings is 1. The smallest absolute Gasteiger partial charge is 0.164 e. The van der Waals surface area contributed by atoms with Gasteiger partial charge in [-0.05, 0) is 49.1 Å². The molecule has 0 aliphatic heterocycles. The number of aromatic nitrogens is 1. The molecule has 1 aromatic heterocycles. The summed E-state index contributed by atoms with van der Waals surface area (Å²) in [4.78, 5) is 16.2. The number of aryl methyl sites for hydroxylation is 1. The number of carbonyl (C=O) groups excluding carboxylic acids is 1. The van der Waals surface area contributed by atoms with Crippen molar-refractivity contribution in [3.63, 3.8) is 0 Å². The highest BCUT2D eigenvalue weighted by atomic mass is 79.9. The van der Waals surface area contributed by atoms with Crippen LogP contribution in [-0.2, 0) is 6.42 Å². The average molecular weight is 326 g/mol. The van der Waals surface area contributed by atoms with E-state index >= 15 is 0 Å². The lowest BCUT2D eigenvalue weighted by Crippen LogP contribution is -2.12. The van der Waals surface area contributed by atoms with E-state index in [0.717, 1.165) is 39.8 Å². The minimum atomic E-state index is 0.199. The highest BCUT2D eigenvalue weighted by molar-refractivity contribution is 9.10. The molecule has 0 amide bonds. The predicted molar refractivity (Wildman–Crippen MR) is 81.6 cm³/mol. The Hall–Kier alpha value is -1.92. The van der Waals surface area contributed by atoms with E-state index in [2.05, 4.69) is 32.8 Å². The molecule has 0 fully saturated rings. The van der Waals surface area contributed by atoms with Gasteiger partial charge in [0.05, 0.1) is 5.69 Å². The molecule has 0 unspecified atom stereocenters. The number of halogens is 1. The fourth-order valence-corrected chi connectivity index (χ4v) is 2.67. The van der Waals surface area contributed by atoms with Crippen LogP contribution in [0.3, 0.4) is 0 Å². The first kappa shape index (κ1) is 13.1. The van der Waals surface area contributed by atoms with Crippen LogP contribution < -0.4 is 0 Å². The lowest BCUT2D eigenvalue weighted by molar-refractivity contribution is 0.0971. The molecule has 1 heterocycles. The SMILES string of the molecule is O=C1CCCc2nc(C#Cc3cccc(Br)c3)ccc21. The second-order valence-corrected chi connectivity index (χ2v) is 5.64. The van der Waals surface area contributed by atoms with Crippen molar-refractivity contribution < 1.29 is 4.79 Å². The van der Waals surface area contributed by atoms with Crippen LogP contribution in [0.15, 0.2) is 40.9 Å². The van der Waals surface area contributed by atoms with Gasteiger partial charge in [0.15, 0.2) is 5.78 Å². The lowest BCUT2D eigenvalue weighted by Gasteiger charge is -2.12. The zero-order valence-corrected chi connectivity index (χ0v) is 12.4. The quantitative estimate of drug-likeness (QED) is 0.690. The van der Waals surface area contributed by atoms with Crippen LogP contribution in [0, 0.1) is 11.8 Å². The Morgan fingerprint density at radius 1 is 1.10 bits per heavy atom. The Bertz CT molecular complexity index is 740. The van der Waals surface area contributed by atoms with Gasteiger partial charge in [0.2, 0.25) is 0 Å². The molecule has 0 radical (unpaired) electrons. The lowest BCUT2D eigenvalue weighted by atomic mass is 9.94. The number of hydrogen-bond donors (Lipinski definition) is 0. The van der Waals surface area contributed by atoms with E-state index < -0.39 is 0 Å². The summed E-state index contributed by atoms with van der Waals surface area (Å²) in [5.74, 6) is 6.35. The van der Waals surface area contributed by atoms with Crippen molar-refractivity contribution in [2.24, 2.45) is 0 Å². The Labute approximate surface area is 126 Å². The summed E-state index contributed by atoms with van der Waals surface area (Å²) in [6, 6.07) is 11.5. The molecule has 0 saturated carbocycles. The highest BCUT2D eigenvalue weighted by Gasteiger charge is 2.17. The number of nitrogens with zero attached hydrogens (tertiary/aromatic N) is 1. The van der Waals surface area contributed by atoms with Gasteiger partial charge in [-0.15, -0.1) is 0 Å². The van der Waals surface area contributed by atoms with Gasteiger partial charge in [-0.25, -0.2) is 4.98 Å². The fourth-order valence-electron chi connectivity index (χ4n) is 2.27. The molecule has 1 aromatic carbocycles. The van der Waals surface area contributed by atoms with Gasteiger partial charge in [0.1, 0.15) is 5.69 Å². The highest BCUT2D eigenvalue weighted by Crippen LogP contribution is 2.19. The van der Waals surface area contributed by atoms with Gasteiger partial charge in [-0.3, -0.25) is 4.79 Å². The summed E-state index contributed by atoms with van der Waals surface area (Å²) >= 11 is 3.42. The van der Waals surface area contributed by atoms with Gasteiger partial charge in [0, 0.05) is 22.0 Å². The first-order valence-electron chi connectivity index (χ1n) is 6.53. The molecule has 0 saturated heterocycles. The minimum Gasteiger partial charge on any atom is -0.294 e. The third kappa shape index (κ3) is 2.81. The maximum atomic E-state index is 11.7. The third-order valence-electron chi connectivity index (χ3n) is 3.25. The number of ketones is 1. The van der Waals surface area contributed by atoms with Crippen LogP contribution >= 0.6 is 15.9 Å². The number of Topliss-reactive ketones (excluding diaryl/α,β-unsaturated/α-hetero) is 1. The Morgan fingerprint density at radius 2 is 2.00 bits per heavy atom. The topological polar surface area (TPSA) is 30.0 Å². The van der Waals surface area contributed by atoms with Crippen molar-refractivity contribution in [3.8, 4) is 11.8 Å². The Balaban J connectivity index is 1.91. The average Bonchev–Trinajstić information content (AvgIpc) is 2.45. The molecule has 2 nitrogen and oxygen atoms in total. The fraction of sp³-hybridized carbons (Fsp3) is 0.176. The molecule has 98 valence electrons. The van der Waals surface area contributed by atoms with Crippen molar-refractivity contribution in [2.45, 2.75) is 19.3 Å². The molecular formula is C17H12BrNO. The van der Waals surface area contributed by atoms with E-state index in [1.807, 2.05) is 36.4 Å². The largest absolute Gasteiger partial charge is 0.294 e. The van der Waals surface area contributed by atoms with Gasteiger partial charge in [-0.1, -0.05) is 27.9 Å². The molecular weight excluding hydrogens is 314 g/mol. The molecule has 0 atom stereocenters. The van der Waals surface area contributed by atoms with Crippen molar-refractivity contribution in [3.05, 3.63) is 63.4 Å². The number of fused-ring (bicyclic) bond motifs is 1. The van der Waals surface area contributed by atoms with E-state index in [0.29, 0.717) is 6.42 Å². The van der Waals surface area contributed by atoms with E-state index in [-0.39, 0.29) is 5.78 Å². The minimum absolute atomic E-state index is 0.199. The van der Waals surface area contributed by atoms with E-state index in [1.165, 1.54) is 0 Å². The standard InChI is InChI=1S/C17H12BrNO/c18-13-4-1-3-12(11-13)7-8-14-9-10-15-16(19-14)5-2-6-17(15)20/h1,3-4,9-11H,2,5-6H2. The van der Waals surface area contributed by atoms with Crippen molar-refractivity contribution in [2.75, 3.05) is 0 Å². The second kappa shape index (κ2) is 5.60. The molecule has 0 spiro atoms. The zero-order valence-electron chi connectivity index (χ0n) is 10.8. The number of hydrogen-bond acceptors (Lipinski definition) is 2. The van der Waals surface area contributed by atoms with Crippen LogP contribution in [0.5, 0.6) is 0 Å². The van der Waals surface area contributed by atoms with Gasteiger partial charge in [-0.2, -0.15) is 0 Å². The summed E-state index contributed by atoms with van der Waals surface area (Å²) < 4.78 is 1.01. The first-order valence-corrected chi connectivity index (χ1v) is 7.32. The maximum absolute atomic E-state index is 11.7. The summed E-state index contributed by atoms with van der Waals surface area (Å²) in [5, 5.41) is 0. The van der Waals surface area contributed by atoms with Gasteiger partial charge < -0.3 is 0 Å². The first-order chi connectivity index (χ1) is 9.72. The summed E-state index contributed by atoms with van der Waals surface area (Å²) in [5.41, 5.74) is 3.32. The van der Waals surface area contributed by atoms with Crippen LogP contribution in [0.1, 0.15) is 40.2 Å². The van der Waals surface area contributed by atoms with E-state index in [1.54, 1.807) is 0 Å². The van der Waals surface area contributed by atoms with Crippen molar-refractivity contribution in [1.29, 1.82) is 0 Å². The van der Waals surface area contributed by atoms with Crippen LogP contribution in [-0.4, -0.2) is 10.8 Å². The second-order valence-electron chi connectivity index (χ2n) is 4.73. The molecule has 2 aromatic rings. The summed E-state index contributed by atoms with van der Waals surface area (Å²) in [6.07, 6.45) is 2.40. The van der Waals surface area contributed by atoms with Gasteiger partial charge in [0.25, 0.3) is 0 Å². The summed E-state index contributed by atoms with van der Waals surface area (Å²) in [6.45, 7) is 0. The van der Waals surface area contributed by atoms with E-state index in [9.17, 15) is 4.79 Å². The zero-order chi connectivity index (χ0) is 13.9. The number of carbonyl (C=O) groups is 1. The molecule has 0 N–H and O–H groups in total. The molecule has 1 aliphatic carbocycles. The monoisotopic (exact) mass is 325 g/mol. The number of benzene rings is 1. The Morgan fingerprint density at radius 3 is 2.85 bits per heavy atom.